The van der Waals surface area contributed by atoms with Gasteiger partial charge in [-0.1, -0.05) is 12.1 Å². The quantitative estimate of drug-likeness (QED) is 0.767. The van der Waals surface area contributed by atoms with Gasteiger partial charge in [0.1, 0.15) is 23.7 Å². The molecule has 0 unspecified atom stereocenters. The van der Waals surface area contributed by atoms with E-state index in [1.807, 2.05) is 0 Å². The number of para-hydroxylation sites is 1. The summed E-state index contributed by atoms with van der Waals surface area (Å²) in [4.78, 5) is 50.9. The molecule has 1 saturated heterocycles. The molecule has 162 valence electrons. The van der Waals surface area contributed by atoms with Gasteiger partial charge in [-0.25, -0.2) is 9.97 Å². The Bertz CT molecular complexity index is 1070. The van der Waals surface area contributed by atoms with Crippen molar-refractivity contribution in [3.8, 4) is 5.75 Å². The first-order chi connectivity index (χ1) is 14.7. The first-order valence-corrected chi connectivity index (χ1v) is 10.1. The van der Waals surface area contributed by atoms with Crippen molar-refractivity contribution < 1.29 is 19.1 Å². The molecule has 9 nitrogen and oxygen atoms in total. The van der Waals surface area contributed by atoms with E-state index < -0.39 is 11.5 Å². The number of likely N-dealkylation sites (tertiary alicyclic amines) is 1. The Morgan fingerprint density at radius 3 is 2.71 bits per heavy atom. The zero-order valence-electron chi connectivity index (χ0n) is 18.0. The zero-order chi connectivity index (χ0) is 22.3. The fourth-order valence-electron chi connectivity index (χ4n) is 4.24. The van der Waals surface area contributed by atoms with Crippen LogP contribution in [-0.4, -0.2) is 76.8 Å². The summed E-state index contributed by atoms with van der Waals surface area (Å²) in [6.07, 6.45) is 1.51. The van der Waals surface area contributed by atoms with Crippen molar-refractivity contribution in [1.82, 2.24) is 25.1 Å². The first-order valence-electron chi connectivity index (χ1n) is 10.1. The molecule has 1 N–H and O–H groups in total. The molecule has 2 aliphatic heterocycles. The molecular weight excluding hydrogens is 398 g/mol. The van der Waals surface area contributed by atoms with Crippen LogP contribution in [0, 0.1) is 19.8 Å². The normalized spacial score (nSPS) is 22.4. The van der Waals surface area contributed by atoms with E-state index in [4.69, 9.17) is 4.74 Å². The van der Waals surface area contributed by atoms with Crippen molar-refractivity contribution in [3.05, 3.63) is 53.1 Å². The average molecular weight is 423 g/mol. The van der Waals surface area contributed by atoms with Crippen LogP contribution in [-0.2, 0) is 4.79 Å². The number of rotatable bonds is 2. The highest BCUT2D eigenvalue weighted by Gasteiger charge is 2.54. The number of carbonyl (C=O) groups excluding carboxylic acids is 3. The lowest BCUT2D eigenvalue weighted by Gasteiger charge is -2.33. The van der Waals surface area contributed by atoms with Crippen LogP contribution in [0.25, 0.3) is 0 Å². The third-order valence-electron chi connectivity index (χ3n) is 5.88. The molecule has 0 radical (unpaired) electrons. The molecule has 3 amide bonds. The van der Waals surface area contributed by atoms with Gasteiger partial charge >= 0.3 is 0 Å². The van der Waals surface area contributed by atoms with Crippen LogP contribution in [0.5, 0.6) is 5.75 Å². The Morgan fingerprint density at radius 1 is 1.26 bits per heavy atom. The number of nitrogens with zero attached hydrogens (tertiary/aromatic N) is 4. The van der Waals surface area contributed by atoms with Crippen LogP contribution >= 0.6 is 0 Å². The summed E-state index contributed by atoms with van der Waals surface area (Å²) in [5.41, 5.74) is 0.306. The summed E-state index contributed by atoms with van der Waals surface area (Å²) in [6.45, 7) is 3.89. The Hall–Kier alpha value is -3.49. The van der Waals surface area contributed by atoms with Gasteiger partial charge in [0.05, 0.1) is 22.7 Å². The number of ether oxygens (including phenoxy) is 1. The molecule has 1 spiro atoms. The molecule has 2 atom stereocenters. The predicted molar refractivity (Wildman–Crippen MR) is 112 cm³/mol. The molecule has 2 aromatic rings. The van der Waals surface area contributed by atoms with E-state index in [1.54, 1.807) is 57.1 Å². The largest absolute Gasteiger partial charge is 0.490 e. The molecule has 9 heteroatoms. The Morgan fingerprint density at radius 2 is 2.00 bits per heavy atom. The molecule has 1 aromatic heterocycles. The topological polar surface area (TPSA) is 105 Å². The van der Waals surface area contributed by atoms with Crippen LogP contribution in [0.3, 0.4) is 0 Å². The summed E-state index contributed by atoms with van der Waals surface area (Å²) in [7, 11) is 3.32. The summed E-state index contributed by atoms with van der Waals surface area (Å²) >= 11 is 0. The van der Waals surface area contributed by atoms with E-state index in [9.17, 15) is 14.4 Å². The van der Waals surface area contributed by atoms with Gasteiger partial charge in [0.15, 0.2) is 0 Å². The van der Waals surface area contributed by atoms with Crippen molar-refractivity contribution >= 4 is 17.7 Å². The van der Waals surface area contributed by atoms with E-state index in [1.165, 1.54) is 11.1 Å². The number of benzene rings is 1. The van der Waals surface area contributed by atoms with Crippen molar-refractivity contribution in [2.45, 2.75) is 19.4 Å². The van der Waals surface area contributed by atoms with Gasteiger partial charge in [-0.05, 0) is 26.0 Å². The van der Waals surface area contributed by atoms with Gasteiger partial charge in [-0.15, -0.1) is 0 Å². The number of hydrogen-bond acceptors (Lipinski definition) is 6. The number of carbonyl (C=O) groups is 3. The highest BCUT2D eigenvalue weighted by atomic mass is 16.5. The van der Waals surface area contributed by atoms with Crippen LogP contribution in [0.15, 0.2) is 30.5 Å². The third-order valence-corrected chi connectivity index (χ3v) is 5.88. The van der Waals surface area contributed by atoms with Gasteiger partial charge in [-0.2, -0.15) is 0 Å². The minimum Gasteiger partial charge on any atom is -0.490 e. The van der Waals surface area contributed by atoms with Crippen LogP contribution in [0.1, 0.15) is 32.2 Å². The van der Waals surface area contributed by atoms with Gasteiger partial charge in [0.25, 0.3) is 11.8 Å². The third kappa shape index (κ3) is 3.60. The number of nitrogens with one attached hydrogen (secondary N) is 1. The summed E-state index contributed by atoms with van der Waals surface area (Å²) in [5.74, 6) is -0.399. The monoisotopic (exact) mass is 423 g/mol. The Balaban J connectivity index is 1.70. The second-order valence-electron chi connectivity index (χ2n) is 8.28. The maximum Gasteiger partial charge on any atom is 0.257 e. The maximum atomic E-state index is 13.3. The van der Waals surface area contributed by atoms with Gasteiger partial charge in [-0.3, -0.25) is 14.4 Å². The molecule has 2 aliphatic rings. The summed E-state index contributed by atoms with van der Waals surface area (Å²) in [6, 6.07) is 6.95. The van der Waals surface area contributed by atoms with Crippen LogP contribution < -0.4 is 10.1 Å². The minimum absolute atomic E-state index is 0.0765. The molecule has 0 aliphatic carbocycles. The standard InChI is InChI=1S/C22H25N5O4/c1-13-16(9-23-14(2)24-13)20(29)27-10-17(21(30)26(3)4)22(11-27)12-31-18-8-6-5-7-15(18)19(28)25-22/h5-9,17H,10-12H2,1-4H3,(H,25,28)/t17-,22-/m1/s1. The van der Waals surface area contributed by atoms with E-state index in [-0.39, 0.29) is 37.4 Å². The molecule has 31 heavy (non-hydrogen) atoms. The minimum atomic E-state index is -1.05. The Labute approximate surface area is 180 Å². The number of amides is 3. The summed E-state index contributed by atoms with van der Waals surface area (Å²) in [5, 5.41) is 3.02. The molecule has 0 bridgehead atoms. The first kappa shape index (κ1) is 20.8. The van der Waals surface area contributed by atoms with Crippen molar-refractivity contribution in [2.75, 3.05) is 33.8 Å². The zero-order valence-corrected chi connectivity index (χ0v) is 18.0. The fourth-order valence-corrected chi connectivity index (χ4v) is 4.24. The second-order valence-corrected chi connectivity index (χ2v) is 8.28. The smallest absolute Gasteiger partial charge is 0.257 e. The highest BCUT2D eigenvalue weighted by Crippen LogP contribution is 2.35. The molecular formula is C22H25N5O4. The molecule has 1 fully saturated rings. The van der Waals surface area contributed by atoms with Crippen molar-refractivity contribution in [2.24, 2.45) is 5.92 Å². The van der Waals surface area contributed by atoms with Crippen molar-refractivity contribution in [1.29, 1.82) is 0 Å². The maximum absolute atomic E-state index is 13.3. The number of aryl methyl sites for hydroxylation is 2. The Kier molecular flexibility index (Phi) is 5.12. The van der Waals surface area contributed by atoms with Gasteiger partial charge in [0.2, 0.25) is 5.91 Å². The fraction of sp³-hybridized carbons (Fsp3) is 0.409. The lowest BCUT2D eigenvalue weighted by molar-refractivity contribution is -0.134. The molecule has 4 rings (SSSR count). The van der Waals surface area contributed by atoms with E-state index >= 15 is 0 Å². The number of aromatic nitrogens is 2. The predicted octanol–water partition coefficient (Wildman–Crippen LogP) is 0.815. The SMILES string of the molecule is Cc1ncc(C(=O)N2C[C@H](C(=O)N(C)C)[C@]3(COc4ccccc4C(=O)N3)C2)c(C)n1. The second kappa shape index (κ2) is 7.64. The number of hydrogen-bond donors (Lipinski definition) is 1. The van der Waals surface area contributed by atoms with Crippen LogP contribution in [0.4, 0.5) is 0 Å². The highest BCUT2D eigenvalue weighted by molar-refractivity contribution is 5.99. The van der Waals surface area contributed by atoms with Gasteiger partial charge in [0, 0.05) is 33.4 Å². The summed E-state index contributed by atoms with van der Waals surface area (Å²) < 4.78 is 5.97. The molecule has 0 saturated carbocycles. The van der Waals surface area contributed by atoms with E-state index in [2.05, 4.69) is 15.3 Å². The number of fused-ring (bicyclic) bond motifs is 1. The lowest BCUT2D eigenvalue weighted by Crippen LogP contribution is -2.60. The van der Waals surface area contributed by atoms with Gasteiger partial charge < -0.3 is 19.9 Å². The van der Waals surface area contributed by atoms with Crippen LogP contribution in [0.2, 0.25) is 0 Å². The van der Waals surface area contributed by atoms with Crippen molar-refractivity contribution in [3.63, 3.8) is 0 Å². The lowest BCUT2D eigenvalue weighted by atomic mass is 9.86. The van der Waals surface area contributed by atoms with E-state index in [0.29, 0.717) is 28.4 Å². The molecule has 1 aromatic carbocycles. The van der Waals surface area contributed by atoms with E-state index in [0.717, 1.165) is 0 Å². The molecule has 3 heterocycles. The average Bonchev–Trinajstić information content (AvgIpc) is 3.03.